The number of hydrogen-bond acceptors (Lipinski definition) is 3. The molecule has 1 radical (unpaired) electrons. The molecule has 2 aromatic carbocycles. The van der Waals surface area contributed by atoms with Gasteiger partial charge in [-0.15, -0.1) is 13.2 Å². The summed E-state index contributed by atoms with van der Waals surface area (Å²) in [6.45, 7) is -0.0989. The highest BCUT2D eigenvalue weighted by Crippen LogP contribution is 2.29. The summed E-state index contributed by atoms with van der Waals surface area (Å²) in [5.41, 5.74) is -0.277. The fourth-order valence-electron chi connectivity index (χ4n) is 1.74. The third-order valence-electron chi connectivity index (χ3n) is 2.82. The number of hydrogen-bond donors (Lipinski definition) is 0. The third-order valence-corrected chi connectivity index (χ3v) is 2.82. The highest BCUT2D eigenvalue weighted by atomic mass is 19.4. The fraction of sp³-hybridized carbons (Fsp3) is 0.188. The van der Waals surface area contributed by atoms with E-state index < -0.39 is 18.1 Å². The minimum Gasteiger partial charge on any atom is -0.406 e. The smallest absolute Gasteiger partial charge is 0.406 e. The lowest BCUT2D eigenvalue weighted by atomic mass is 10.1. The molecule has 3 nitrogen and oxygen atoms in total. The normalized spacial score (nSPS) is 12.4. The van der Waals surface area contributed by atoms with E-state index in [9.17, 15) is 26.3 Å². The minimum atomic E-state index is -4.78. The lowest BCUT2D eigenvalue weighted by Gasteiger charge is -2.08. The highest BCUT2D eigenvalue weighted by Gasteiger charge is 2.31. The average molecular weight is 362 g/mol. The van der Waals surface area contributed by atoms with Crippen molar-refractivity contribution in [3.05, 3.63) is 65.2 Å². The Kier molecular flexibility index (Phi) is 5.55. The van der Waals surface area contributed by atoms with Gasteiger partial charge in [0.2, 0.25) is 0 Å². The van der Waals surface area contributed by atoms with Gasteiger partial charge in [0.25, 0.3) is 0 Å². The number of ether oxygens (including phenoxy) is 1. The van der Waals surface area contributed by atoms with Crippen LogP contribution in [0, 0.1) is 0 Å². The molecule has 0 saturated carbocycles. The zero-order valence-corrected chi connectivity index (χ0v) is 12.4. The second-order valence-corrected chi connectivity index (χ2v) is 4.75. The summed E-state index contributed by atoms with van der Waals surface area (Å²) in [5, 5.41) is 3.41. The molecule has 2 rings (SSSR count). The van der Waals surface area contributed by atoms with Gasteiger partial charge in [-0.05, 0) is 29.8 Å². The Hall–Kier alpha value is -2.71. The van der Waals surface area contributed by atoms with Gasteiger partial charge < -0.3 is 9.57 Å². The molecule has 2 aromatic rings. The van der Waals surface area contributed by atoms with Crippen LogP contribution in [0.5, 0.6) is 5.75 Å². The molecule has 0 atom stereocenters. The van der Waals surface area contributed by atoms with Gasteiger partial charge >= 0.3 is 12.5 Å². The van der Waals surface area contributed by atoms with Crippen molar-refractivity contribution in [1.82, 2.24) is 0 Å². The predicted molar refractivity (Wildman–Crippen MR) is 75.9 cm³/mol. The first-order valence-electron chi connectivity index (χ1n) is 6.73. The van der Waals surface area contributed by atoms with Crippen LogP contribution in [0.4, 0.5) is 26.3 Å². The van der Waals surface area contributed by atoms with E-state index in [-0.39, 0.29) is 17.9 Å². The van der Waals surface area contributed by atoms with E-state index in [2.05, 4.69) is 16.1 Å². The van der Waals surface area contributed by atoms with Crippen LogP contribution in [-0.2, 0) is 17.6 Å². The zero-order chi connectivity index (χ0) is 18.5. The fourth-order valence-corrected chi connectivity index (χ4v) is 1.74. The third kappa shape index (κ3) is 6.36. The maximum Gasteiger partial charge on any atom is 0.573 e. The molecule has 0 heterocycles. The molecular formula is C16H10F6NO2. The van der Waals surface area contributed by atoms with Gasteiger partial charge in [0.15, 0.2) is 0 Å². The maximum absolute atomic E-state index is 12.5. The Labute approximate surface area is 138 Å². The first-order chi connectivity index (χ1) is 11.6. The quantitative estimate of drug-likeness (QED) is 0.424. The average Bonchev–Trinajstić information content (AvgIpc) is 2.51. The summed E-state index contributed by atoms with van der Waals surface area (Å²) in [4.78, 5) is 4.86. The van der Waals surface area contributed by atoms with Crippen LogP contribution in [0.2, 0.25) is 0 Å². The monoisotopic (exact) mass is 362 g/mol. The Morgan fingerprint density at radius 2 is 1.60 bits per heavy atom. The topological polar surface area (TPSA) is 30.8 Å². The summed E-state index contributed by atoms with van der Waals surface area (Å²) in [6.07, 6.45) is -6.95. The molecule has 0 spiro atoms. The second kappa shape index (κ2) is 7.45. The SMILES string of the molecule is FC(F)(F)Oc1ccc(CON=[C]c2cccc(C(F)(F)F)c2)cc1. The molecule has 0 aliphatic rings. The molecule has 25 heavy (non-hydrogen) atoms. The minimum absolute atomic E-state index is 0.0729. The first-order valence-corrected chi connectivity index (χ1v) is 6.73. The Morgan fingerprint density at radius 3 is 2.20 bits per heavy atom. The molecule has 0 N–H and O–H groups in total. The van der Waals surface area contributed by atoms with Gasteiger partial charge in [0.05, 0.1) is 5.56 Å². The first kappa shape index (κ1) is 18.6. The Bertz CT molecular complexity index is 723. The largest absolute Gasteiger partial charge is 0.573 e. The van der Waals surface area contributed by atoms with Gasteiger partial charge in [0, 0.05) is 5.56 Å². The van der Waals surface area contributed by atoms with Crippen molar-refractivity contribution < 1.29 is 35.9 Å². The van der Waals surface area contributed by atoms with Crippen molar-refractivity contribution in [2.75, 3.05) is 0 Å². The van der Waals surface area contributed by atoms with Gasteiger partial charge in [-0.25, -0.2) is 0 Å². The summed E-state index contributed by atoms with van der Waals surface area (Å²) >= 11 is 0. The summed E-state index contributed by atoms with van der Waals surface area (Å²) in [7, 11) is 0. The van der Waals surface area contributed by atoms with Crippen molar-refractivity contribution in [1.29, 1.82) is 0 Å². The predicted octanol–water partition coefficient (Wildman–Crippen LogP) is 5.03. The molecule has 0 aromatic heterocycles. The maximum atomic E-state index is 12.5. The number of nitrogens with zero attached hydrogens (tertiary/aromatic N) is 1. The standard InChI is InChI=1S/C16H10F6NO2/c17-15(18,19)13-3-1-2-12(8-13)9-23-24-10-11-4-6-14(7-5-11)25-16(20,21)22/h1-8H,10H2. The van der Waals surface area contributed by atoms with E-state index in [1.807, 2.05) is 0 Å². The molecule has 0 aliphatic heterocycles. The highest BCUT2D eigenvalue weighted by molar-refractivity contribution is 5.79. The lowest BCUT2D eigenvalue weighted by molar-refractivity contribution is -0.274. The van der Waals surface area contributed by atoms with E-state index in [1.165, 1.54) is 24.3 Å². The Morgan fingerprint density at radius 1 is 0.920 bits per heavy atom. The van der Waals surface area contributed by atoms with Gasteiger partial charge in [-0.2, -0.15) is 13.2 Å². The number of benzene rings is 2. The van der Waals surface area contributed by atoms with Crippen molar-refractivity contribution in [2.24, 2.45) is 5.16 Å². The molecule has 9 heteroatoms. The van der Waals surface area contributed by atoms with Crippen molar-refractivity contribution >= 4 is 6.21 Å². The van der Waals surface area contributed by atoms with Crippen LogP contribution < -0.4 is 4.74 Å². The molecule has 0 aliphatic carbocycles. The molecule has 133 valence electrons. The van der Waals surface area contributed by atoms with Crippen LogP contribution in [-0.4, -0.2) is 12.6 Å². The zero-order valence-electron chi connectivity index (χ0n) is 12.4. The molecule has 0 fully saturated rings. The van der Waals surface area contributed by atoms with E-state index in [4.69, 9.17) is 4.84 Å². The van der Waals surface area contributed by atoms with E-state index in [1.54, 1.807) is 0 Å². The van der Waals surface area contributed by atoms with Crippen molar-refractivity contribution in [3.63, 3.8) is 0 Å². The molecule has 0 amide bonds. The van der Waals surface area contributed by atoms with Crippen molar-refractivity contribution in [2.45, 2.75) is 19.1 Å². The summed E-state index contributed by atoms with van der Waals surface area (Å²) < 4.78 is 77.4. The van der Waals surface area contributed by atoms with Crippen LogP contribution in [0.15, 0.2) is 53.7 Å². The molecule has 0 bridgehead atoms. The molecule has 0 saturated heterocycles. The van der Waals surface area contributed by atoms with Crippen LogP contribution in [0.25, 0.3) is 0 Å². The van der Waals surface area contributed by atoms with Crippen LogP contribution >= 0.6 is 0 Å². The van der Waals surface area contributed by atoms with E-state index in [0.29, 0.717) is 5.56 Å². The van der Waals surface area contributed by atoms with Gasteiger partial charge in [-0.3, -0.25) is 0 Å². The van der Waals surface area contributed by atoms with Crippen LogP contribution in [0.3, 0.4) is 0 Å². The van der Waals surface area contributed by atoms with Crippen molar-refractivity contribution in [3.8, 4) is 5.75 Å². The number of rotatable bonds is 5. The van der Waals surface area contributed by atoms with Crippen LogP contribution in [0.1, 0.15) is 16.7 Å². The molecule has 0 unspecified atom stereocenters. The second-order valence-electron chi connectivity index (χ2n) is 4.75. The lowest BCUT2D eigenvalue weighted by Crippen LogP contribution is -2.17. The van der Waals surface area contributed by atoms with Gasteiger partial charge in [0.1, 0.15) is 18.6 Å². The number of alkyl halides is 6. The van der Waals surface area contributed by atoms with Gasteiger partial charge in [-0.1, -0.05) is 29.4 Å². The molecular weight excluding hydrogens is 352 g/mol. The summed E-state index contributed by atoms with van der Waals surface area (Å²) in [5.74, 6) is -0.379. The Balaban J connectivity index is 1.89. The van der Waals surface area contributed by atoms with E-state index in [0.717, 1.165) is 24.3 Å². The number of halogens is 6. The summed E-state index contributed by atoms with van der Waals surface area (Å²) in [6, 6.07) is 9.22. The van der Waals surface area contributed by atoms with E-state index >= 15 is 0 Å².